The van der Waals surface area contributed by atoms with Crippen LogP contribution in [0.5, 0.6) is 0 Å². The topological polar surface area (TPSA) is 21.3 Å². The van der Waals surface area contributed by atoms with Crippen molar-refractivity contribution in [3.63, 3.8) is 0 Å². The molecule has 1 N–H and O–H groups in total. The lowest BCUT2D eigenvalue weighted by Crippen LogP contribution is -2.39. The molecule has 0 aromatic carbocycles. The molecule has 0 heterocycles. The van der Waals surface area contributed by atoms with Crippen LogP contribution in [-0.4, -0.2) is 25.8 Å². The second-order valence-electron chi connectivity index (χ2n) is 5.65. The average molecular weight is 199 g/mol. The number of rotatable bonds is 3. The Bertz CT molecular complexity index is 154. The Morgan fingerprint density at radius 2 is 1.71 bits per heavy atom. The van der Waals surface area contributed by atoms with E-state index in [-0.39, 0.29) is 0 Å². The zero-order valence-electron chi connectivity index (χ0n) is 10.1. The van der Waals surface area contributed by atoms with E-state index < -0.39 is 0 Å². The van der Waals surface area contributed by atoms with Gasteiger partial charge in [-0.25, -0.2) is 0 Å². The summed E-state index contributed by atoms with van der Waals surface area (Å²) in [4.78, 5) is 0. The van der Waals surface area contributed by atoms with Crippen molar-refractivity contribution in [3.8, 4) is 0 Å². The molecule has 0 bridgehead atoms. The summed E-state index contributed by atoms with van der Waals surface area (Å²) in [6.07, 6.45) is 5.50. The SMILES string of the molecule is COC1CCC(NCC(C)(C)C)CC1. The number of nitrogens with one attached hydrogen (secondary N) is 1. The standard InChI is InChI=1S/C12H25NO/c1-12(2,3)9-13-10-5-7-11(14-4)8-6-10/h10-11,13H,5-9H2,1-4H3. The molecule has 1 aliphatic rings. The van der Waals surface area contributed by atoms with Gasteiger partial charge in [0.05, 0.1) is 6.10 Å². The Kier molecular flexibility index (Phi) is 4.39. The van der Waals surface area contributed by atoms with Crippen molar-refractivity contribution in [1.82, 2.24) is 5.32 Å². The van der Waals surface area contributed by atoms with E-state index in [1.165, 1.54) is 25.7 Å². The van der Waals surface area contributed by atoms with Gasteiger partial charge in [0.25, 0.3) is 0 Å². The van der Waals surface area contributed by atoms with E-state index in [0.717, 1.165) is 12.6 Å². The molecule has 0 aromatic heterocycles. The first-order valence-electron chi connectivity index (χ1n) is 5.77. The molecule has 0 aromatic rings. The van der Waals surface area contributed by atoms with Crippen LogP contribution in [0, 0.1) is 5.41 Å². The lowest BCUT2D eigenvalue weighted by atomic mass is 9.91. The molecular formula is C12H25NO. The van der Waals surface area contributed by atoms with Gasteiger partial charge in [0.1, 0.15) is 0 Å². The van der Waals surface area contributed by atoms with Crippen molar-refractivity contribution in [2.75, 3.05) is 13.7 Å². The summed E-state index contributed by atoms with van der Waals surface area (Å²) in [5.74, 6) is 0. The fraction of sp³-hybridized carbons (Fsp3) is 1.00. The number of hydrogen-bond donors (Lipinski definition) is 1. The summed E-state index contributed by atoms with van der Waals surface area (Å²) in [7, 11) is 1.83. The maximum atomic E-state index is 5.36. The zero-order chi connectivity index (χ0) is 10.6. The van der Waals surface area contributed by atoms with Gasteiger partial charge in [-0.1, -0.05) is 20.8 Å². The minimum atomic E-state index is 0.401. The van der Waals surface area contributed by atoms with Gasteiger partial charge < -0.3 is 10.1 Å². The van der Waals surface area contributed by atoms with E-state index in [4.69, 9.17) is 4.74 Å². The summed E-state index contributed by atoms with van der Waals surface area (Å²) in [6.45, 7) is 7.96. The molecule has 1 fully saturated rings. The van der Waals surface area contributed by atoms with Crippen LogP contribution < -0.4 is 5.32 Å². The van der Waals surface area contributed by atoms with E-state index >= 15 is 0 Å². The summed E-state index contributed by atoms with van der Waals surface area (Å²) in [5.41, 5.74) is 0.401. The Labute approximate surface area is 88.4 Å². The van der Waals surface area contributed by atoms with Crippen molar-refractivity contribution in [3.05, 3.63) is 0 Å². The Hall–Kier alpha value is -0.0800. The van der Waals surface area contributed by atoms with Gasteiger partial charge in [-0.2, -0.15) is 0 Å². The van der Waals surface area contributed by atoms with Crippen LogP contribution >= 0.6 is 0 Å². The number of ether oxygens (including phenoxy) is 1. The molecule has 84 valence electrons. The summed E-state index contributed by atoms with van der Waals surface area (Å²) in [6, 6.07) is 0.723. The van der Waals surface area contributed by atoms with E-state index in [1.807, 2.05) is 7.11 Å². The molecule has 14 heavy (non-hydrogen) atoms. The number of methoxy groups -OCH3 is 1. The van der Waals surface area contributed by atoms with Gasteiger partial charge in [0, 0.05) is 19.7 Å². The third kappa shape index (κ3) is 4.43. The molecule has 1 rings (SSSR count). The second kappa shape index (κ2) is 5.13. The smallest absolute Gasteiger partial charge is 0.0572 e. The van der Waals surface area contributed by atoms with Gasteiger partial charge in [-0.05, 0) is 31.1 Å². The monoisotopic (exact) mass is 199 g/mol. The maximum Gasteiger partial charge on any atom is 0.0572 e. The first-order chi connectivity index (χ1) is 6.51. The van der Waals surface area contributed by atoms with E-state index in [2.05, 4.69) is 26.1 Å². The fourth-order valence-corrected chi connectivity index (χ4v) is 1.95. The molecule has 0 radical (unpaired) electrons. The molecule has 0 saturated heterocycles. The molecule has 1 aliphatic carbocycles. The summed E-state index contributed by atoms with van der Waals surface area (Å²) >= 11 is 0. The van der Waals surface area contributed by atoms with E-state index in [9.17, 15) is 0 Å². The minimum absolute atomic E-state index is 0.401. The highest BCUT2D eigenvalue weighted by molar-refractivity contribution is 4.79. The maximum absolute atomic E-state index is 5.36. The lowest BCUT2D eigenvalue weighted by molar-refractivity contribution is 0.0615. The van der Waals surface area contributed by atoms with Crippen molar-refractivity contribution in [2.45, 2.75) is 58.6 Å². The zero-order valence-corrected chi connectivity index (χ0v) is 10.1. The third-order valence-electron chi connectivity index (χ3n) is 2.93. The fourth-order valence-electron chi connectivity index (χ4n) is 1.95. The molecule has 1 saturated carbocycles. The van der Waals surface area contributed by atoms with E-state index in [0.29, 0.717) is 11.5 Å². The molecule has 2 heteroatoms. The van der Waals surface area contributed by atoms with Gasteiger partial charge in [0.15, 0.2) is 0 Å². The predicted molar refractivity (Wildman–Crippen MR) is 60.5 cm³/mol. The van der Waals surface area contributed by atoms with Crippen LogP contribution in [0.15, 0.2) is 0 Å². The highest BCUT2D eigenvalue weighted by atomic mass is 16.5. The van der Waals surface area contributed by atoms with Gasteiger partial charge in [-0.15, -0.1) is 0 Å². The first kappa shape index (κ1) is 12.0. The highest BCUT2D eigenvalue weighted by Gasteiger charge is 2.21. The second-order valence-corrected chi connectivity index (χ2v) is 5.65. The highest BCUT2D eigenvalue weighted by Crippen LogP contribution is 2.21. The normalized spacial score (nSPS) is 29.1. The largest absolute Gasteiger partial charge is 0.381 e. The average Bonchev–Trinajstić information content (AvgIpc) is 2.14. The van der Waals surface area contributed by atoms with Gasteiger partial charge in [0.2, 0.25) is 0 Å². The van der Waals surface area contributed by atoms with Crippen LogP contribution in [0.2, 0.25) is 0 Å². The van der Waals surface area contributed by atoms with Crippen molar-refractivity contribution < 1.29 is 4.74 Å². The van der Waals surface area contributed by atoms with Crippen LogP contribution in [0.3, 0.4) is 0 Å². The van der Waals surface area contributed by atoms with Crippen LogP contribution in [0.25, 0.3) is 0 Å². The quantitative estimate of drug-likeness (QED) is 0.754. The van der Waals surface area contributed by atoms with E-state index in [1.54, 1.807) is 0 Å². The first-order valence-corrected chi connectivity index (χ1v) is 5.77. The molecule has 0 spiro atoms. The Balaban J connectivity index is 2.16. The molecular weight excluding hydrogens is 174 g/mol. The molecule has 0 aliphatic heterocycles. The molecule has 0 atom stereocenters. The number of hydrogen-bond acceptors (Lipinski definition) is 2. The van der Waals surface area contributed by atoms with Crippen LogP contribution in [0.1, 0.15) is 46.5 Å². The molecule has 2 nitrogen and oxygen atoms in total. The summed E-state index contributed by atoms with van der Waals surface area (Å²) in [5, 5.41) is 3.65. The van der Waals surface area contributed by atoms with Crippen molar-refractivity contribution >= 4 is 0 Å². The van der Waals surface area contributed by atoms with Gasteiger partial charge in [-0.3, -0.25) is 0 Å². The lowest BCUT2D eigenvalue weighted by Gasteiger charge is -2.30. The summed E-state index contributed by atoms with van der Waals surface area (Å²) < 4.78 is 5.36. The van der Waals surface area contributed by atoms with Crippen LogP contribution in [-0.2, 0) is 4.74 Å². The van der Waals surface area contributed by atoms with Crippen molar-refractivity contribution in [1.29, 1.82) is 0 Å². The third-order valence-corrected chi connectivity index (χ3v) is 2.93. The minimum Gasteiger partial charge on any atom is -0.381 e. The molecule has 0 amide bonds. The molecule has 0 unspecified atom stereocenters. The van der Waals surface area contributed by atoms with Crippen molar-refractivity contribution in [2.24, 2.45) is 5.41 Å². The predicted octanol–water partition coefficient (Wildman–Crippen LogP) is 2.58. The Morgan fingerprint density at radius 1 is 1.14 bits per heavy atom. The Morgan fingerprint density at radius 3 is 2.14 bits per heavy atom. The van der Waals surface area contributed by atoms with Gasteiger partial charge >= 0.3 is 0 Å². The van der Waals surface area contributed by atoms with Crippen LogP contribution in [0.4, 0.5) is 0 Å².